The third kappa shape index (κ3) is 3.28. The number of aryl methyl sites for hydroxylation is 2. The lowest BCUT2D eigenvalue weighted by Crippen LogP contribution is -2.30. The van der Waals surface area contributed by atoms with Crippen LogP contribution in [0.15, 0.2) is 6.07 Å². The highest BCUT2D eigenvalue weighted by Crippen LogP contribution is 2.39. The van der Waals surface area contributed by atoms with E-state index in [0.717, 1.165) is 49.1 Å². The second-order valence-corrected chi connectivity index (χ2v) is 6.93. The fourth-order valence-electron chi connectivity index (χ4n) is 3.28. The van der Waals surface area contributed by atoms with Crippen LogP contribution in [0.5, 0.6) is 0 Å². The first-order valence-corrected chi connectivity index (χ1v) is 8.14. The van der Waals surface area contributed by atoms with Crippen LogP contribution < -0.4 is 0 Å². The molecule has 0 aromatic carbocycles. The molecule has 1 atom stereocenters. The number of aromatic nitrogens is 1. The summed E-state index contributed by atoms with van der Waals surface area (Å²) in [7, 11) is 0. The Morgan fingerprint density at radius 3 is 2.71 bits per heavy atom. The molecule has 0 spiro atoms. The van der Waals surface area contributed by atoms with E-state index >= 15 is 0 Å². The minimum Gasteiger partial charge on any atom is -0.478 e. The molecule has 0 saturated carbocycles. The summed E-state index contributed by atoms with van der Waals surface area (Å²) in [6, 6.07) is 1.90. The number of rotatable bonds is 5. The quantitative estimate of drug-likeness (QED) is 0.880. The summed E-state index contributed by atoms with van der Waals surface area (Å²) in [5.41, 5.74) is 3.77. The van der Waals surface area contributed by atoms with Crippen LogP contribution in [-0.2, 0) is 19.3 Å². The largest absolute Gasteiger partial charge is 0.478 e. The third-order valence-corrected chi connectivity index (χ3v) is 5.20. The summed E-state index contributed by atoms with van der Waals surface area (Å²) in [6.07, 6.45) is 5.95. The van der Waals surface area contributed by atoms with Crippen molar-refractivity contribution in [1.29, 1.82) is 0 Å². The van der Waals surface area contributed by atoms with E-state index < -0.39 is 5.97 Å². The van der Waals surface area contributed by atoms with Gasteiger partial charge >= 0.3 is 5.97 Å². The lowest BCUT2D eigenvalue weighted by atomic mass is 9.69. The summed E-state index contributed by atoms with van der Waals surface area (Å²) in [5, 5.41) is 9.43. The van der Waals surface area contributed by atoms with Gasteiger partial charge in [-0.2, -0.15) is 0 Å². The molecule has 1 unspecified atom stereocenters. The molecule has 0 bridgehead atoms. The monoisotopic (exact) mass is 289 g/mol. The Hall–Kier alpha value is -1.38. The number of pyridine rings is 1. The van der Waals surface area contributed by atoms with Crippen LogP contribution >= 0.6 is 0 Å². The Bertz CT molecular complexity index is 534. The first-order valence-electron chi connectivity index (χ1n) is 8.14. The summed E-state index contributed by atoms with van der Waals surface area (Å²) >= 11 is 0. The number of hydrogen-bond donors (Lipinski definition) is 1. The smallest absolute Gasteiger partial charge is 0.337 e. The highest BCUT2D eigenvalue weighted by Gasteiger charge is 2.32. The first-order chi connectivity index (χ1) is 9.89. The second-order valence-electron chi connectivity index (χ2n) is 6.93. The fourth-order valence-corrected chi connectivity index (χ4v) is 3.28. The molecule has 21 heavy (non-hydrogen) atoms. The van der Waals surface area contributed by atoms with Crippen LogP contribution in [0.4, 0.5) is 0 Å². The number of carboxylic acid groups (broad SMARTS) is 1. The van der Waals surface area contributed by atoms with Crippen molar-refractivity contribution < 1.29 is 9.90 Å². The molecule has 1 aliphatic carbocycles. The molecule has 116 valence electrons. The number of fused-ring (bicyclic) bond motifs is 1. The van der Waals surface area contributed by atoms with Crippen molar-refractivity contribution in [3.63, 3.8) is 0 Å². The Labute approximate surface area is 127 Å². The van der Waals surface area contributed by atoms with E-state index in [2.05, 4.69) is 32.7 Å². The maximum absolute atomic E-state index is 11.5. The van der Waals surface area contributed by atoms with Gasteiger partial charge in [0.15, 0.2) is 0 Å². The molecule has 0 aliphatic heterocycles. The van der Waals surface area contributed by atoms with Gasteiger partial charge in [0.2, 0.25) is 0 Å². The maximum Gasteiger partial charge on any atom is 0.337 e. The Morgan fingerprint density at radius 1 is 1.43 bits per heavy atom. The number of carboxylic acids is 1. The molecule has 3 nitrogen and oxygen atoms in total. The van der Waals surface area contributed by atoms with Gasteiger partial charge in [-0.1, -0.05) is 40.5 Å². The van der Waals surface area contributed by atoms with E-state index in [4.69, 9.17) is 0 Å². The van der Waals surface area contributed by atoms with Crippen molar-refractivity contribution in [2.45, 2.75) is 66.2 Å². The molecule has 3 heteroatoms. The average molecular weight is 289 g/mol. The SMILES string of the molecule is CCCc1nc2c(cc1C(=O)O)CC(C(C)(C)CC)CC2. The molecule has 1 N–H and O–H groups in total. The van der Waals surface area contributed by atoms with Gasteiger partial charge in [-0.05, 0) is 48.6 Å². The van der Waals surface area contributed by atoms with Gasteiger partial charge in [-0.3, -0.25) is 4.98 Å². The fraction of sp³-hybridized carbons (Fsp3) is 0.667. The van der Waals surface area contributed by atoms with E-state index in [1.807, 2.05) is 6.07 Å². The van der Waals surface area contributed by atoms with Gasteiger partial charge in [0.1, 0.15) is 0 Å². The zero-order chi connectivity index (χ0) is 15.6. The van der Waals surface area contributed by atoms with Crippen LogP contribution in [0.25, 0.3) is 0 Å². The predicted octanol–water partition coefficient (Wildman–Crippen LogP) is 4.27. The van der Waals surface area contributed by atoms with Gasteiger partial charge in [-0.15, -0.1) is 0 Å². The van der Waals surface area contributed by atoms with E-state index in [9.17, 15) is 9.90 Å². The van der Waals surface area contributed by atoms with Crippen molar-refractivity contribution >= 4 is 5.97 Å². The summed E-state index contributed by atoms with van der Waals surface area (Å²) in [4.78, 5) is 16.2. The summed E-state index contributed by atoms with van der Waals surface area (Å²) in [6.45, 7) is 8.94. The Kier molecular flexibility index (Phi) is 4.70. The van der Waals surface area contributed by atoms with Gasteiger partial charge in [0.25, 0.3) is 0 Å². The van der Waals surface area contributed by atoms with Gasteiger partial charge in [-0.25, -0.2) is 4.79 Å². The summed E-state index contributed by atoms with van der Waals surface area (Å²) in [5.74, 6) is -0.221. The van der Waals surface area contributed by atoms with Crippen molar-refractivity contribution in [1.82, 2.24) is 4.98 Å². The minimum absolute atomic E-state index is 0.309. The zero-order valence-electron chi connectivity index (χ0n) is 13.7. The molecular formula is C18H27NO2. The second kappa shape index (κ2) is 6.17. The van der Waals surface area contributed by atoms with E-state index in [-0.39, 0.29) is 0 Å². The average Bonchev–Trinajstić information content (AvgIpc) is 2.46. The van der Waals surface area contributed by atoms with Gasteiger partial charge in [0.05, 0.1) is 11.3 Å². The van der Waals surface area contributed by atoms with E-state index in [1.165, 1.54) is 6.42 Å². The first kappa shape index (κ1) is 16.0. The number of aromatic carboxylic acids is 1. The lowest BCUT2D eigenvalue weighted by molar-refractivity contribution is 0.0694. The zero-order valence-corrected chi connectivity index (χ0v) is 13.7. The molecule has 1 aliphatic rings. The molecule has 1 aromatic heterocycles. The Morgan fingerprint density at radius 2 is 2.14 bits per heavy atom. The maximum atomic E-state index is 11.5. The summed E-state index contributed by atoms with van der Waals surface area (Å²) < 4.78 is 0. The van der Waals surface area contributed by atoms with Crippen molar-refractivity contribution in [2.24, 2.45) is 11.3 Å². The van der Waals surface area contributed by atoms with E-state index in [0.29, 0.717) is 16.9 Å². The third-order valence-electron chi connectivity index (χ3n) is 5.20. The highest BCUT2D eigenvalue weighted by atomic mass is 16.4. The number of carbonyl (C=O) groups is 1. The van der Waals surface area contributed by atoms with Crippen LogP contribution in [0.3, 0.4) is 0 Å². The molecule has 2 rings (SSSR count). The van der Waals surface area contributed by atoms with Gasteiger partial charge in [0, 0.05) is 5.69 Å². The van der Waals surface area contributed by atoms with Crippen LogP contribution in [-0.4, -0.2) is 16.1 Å². The van der Waals surface area contributed by atoms with Crippen molar-refractivity contribution in [2.75, 3.05) is 0 Å². The normalized spacial score (nSPS) is 18.4. The van der Waals surface area contributed by atoms with Crippen molar-refractivity contribution in [3.05, 3.63) is 28.6 Å². The lowest BCUT2D eigenvalue weighted by Gasteiger charge is -2.37. The molecule has 1 aromatic rings. The standard InChI is InChI=1S/C18H27NO2/c1-5-7-16-14(17(20)21)11-12-10-13(18(3,4)6-2)8-9-15(12)19-16/h11,13H,5-10H2,1-4H3,(H,20,21). The molecular weight excluding hydrogens is 262 g/mol. The van der Waals surface area contributed by atoms with Gasteiger partial charge < -0.3 is 5.11 Å². The number of hydrogen-bond acceptors (Lipinski definition) is 2. The topological polar surface area (TPSA) is 50.2 Å². The Balaban J connectivity index is 2.36. The minimum atomic E-state index is -0.842. The van der Waals surface area contributed by atoms with Crippen LogP contribution in [0.1, 0.15) is 74.3 Å². The predicted molar refractivity (Wildman–Crippen MR) is 84.8 cm³/mol. The number of nitrogens with zero attached hydrogens (tertiary/aromatic N) is 1. The molecule has 0 radical (unpaired) electrons. The van der Waals surface area contributed by atoms with Crippen LogP contribution in [0.2, 0.25) is 0 Å². The molecule has 1 heterocycles. The molecule has 0 amide bonds. The van der Waals surface area contributed by atoms with Crippen LogP contribution in [0, 0.1) is 11.3 Å². The molecule has 0 saturated heterocycles. The van der Waals surface area contributed by atoms with Crippen molar-refractivity contribution in [3.8, 4) is 0 Å². The van der Waals surface area contributed by atoms with E-state index in [1.54, 1.807) is 0 Å². The highest BCUT2D eigenvalue weighted by molar-refractivity contribution is 5.89. The molecule has 0 fully saturated rings.